The normalized spacial score (nSPS) is 10.7. The molecule has 0 aliphatic heterocycles. The van der Waals surface area contributed by atoms with Crippen molar-refractivity contribution in [1.29, 1.82) is 0 Å². The number of anilines is 1. The molecule has 170 valence electrons. The van der Waals surface area contributed by atoms with Gasteiger partial charge in [-0.3, -0.25) is 24.5 Å². The summed E-state index contributed by atoms with van der Waals surface area (Å²) >= 11 is 0. The summed E-state index contributed by atoms with van der Waals surface area (Å²) in [7, 11) is 0. The monoisotopic (exact) mass is 452 g/mol. The zero-order valence-electron chi connectivity index (χ0n) is 18.5. The van der Waals surface area contributed by atoms with Gasteiger partial charge in [-0.1, -0.05) is 24.3 Å². The first-order valence-corrected chi connectivity index (χ1v) is 10.9. The van der Waals surface area contributed by atoms with Crippen LogP contribution in [-0.2, 0) is 24.1 Å². The van der Waals surface area contributed by atoms with Gasteiger partial charge in [0.25, 0.3) is 5.91 Å². The maximum Gasteiger partial charge on any atom is 0.307 e. The highest BCUT2D eigenvalue weighted by Gasteiger charge is 2.17. The van der Waals surface area contributed by atoms with Crippen LogP contribution in [0.3, 0.4) is 0 Å². The van der Waals surface area contributed by atoms with Crippen LogP contribution in [0.5, 0.6) is 0 Å². The Morgan fingerprint density at radius 2 is 1.44 bits per heavy atom. The number of hydrogen-bond acceptors (Lipinski definition) is 5. The summed E-state index contributed by atoms with van der Waals surface area (Å²) in [6.45, 7) is 0. The first-order chi connectivity index (χ1) is 16.6. The molecule has 7 nitrogen and oxygen atoms in total. The number of carboxylic acid groups (broad SMARTS) is 1. The van der Waals surface area contributed by atoms with Crippen LogP contribution >= 0.6 is 0 Å². The number of nitrogens with one attached hydrogen (secondary N) is 1. The third-order valence-electron chi connectivity index (χ3n) is 5.40. The molecule has 0 bridgehead atoms. The van der Waals surface area contributed by atoms with Gasteiger partial charge < -0.3 is 10.4 Å². The van der Waals surface area contributed by atoms with Gasteiger partial charge in [-0.15, -0.1) is 0 Å². The van der Waals surface area contributed by atoms with E-state index < -0.39 is 5.97 Å². The summed E-state index contributed by atoms with van der Waals surface area (Å²) in [5.74, 6) is -1.12. The number of carboxylic acids is 1. The van der Waals surface area contributed by atoms with Crippen LogP contribution in [0, 0.1) is 0 Å². The highest BCUT2D eigenvalue weighted by Crippen LogP contribution is 2.23. The van der Waals surface area contributed by atoms with Crippen LogP contribution in [0.4, 0.5) is 5.69 Å². The second kappa shape index (κ2) is 11.0. The topological polar surface area (TPSA) is 105 Å². The third kappa shape index (κ3) is 6.32. The Bertz CT molecular complexity index is 1190. The fraction of sp³-hybridized carbons (Fsp3) is 0.148. The molecule has 34 heavy (non-hydrogen) atoms. The number of aromatic nitrogens is 3. The quantitative estimate of drug-likeness (QED) is 0.392. The highest BCUT2D eigenvalue weighted by molar-refractivity contribution is 6.04. The number of benzene rings is 1. The first kappa shape index (κ1) is 22.8. The van der Waals surface area contributed by atoms with E-state index in [-0.39, 0.29) is 18.2 Å². The largest absolute Gasteiger partial charge is 0.481 e. The fourth-order valence-electron chi connectivity index (χ4n) is 3.69. The highest BCUT2D eigenvalue weighted by atomic mass is 16.4. The minimum absolute atomic E-state index is 0.0578. The molecule has 0 fully saturated rings. The molecule has 0 saturated carbocycles. The summed E-state index contributed by atoms with van der Waals surface area (Å²) in [5, 5.41) is 11.7. The van der Waals surface area contributed by atoms with Crippen molar-refractivity contribution >= 4 is 17.6 Å². The number of carbonyl (C=O) groups excluding carboxylic acids is 1. The second-order valence-corrected chi connectivity index (χ2v) is 7.94. The van der Waals surface area contributed by atoms with E-state index in [0.717, 1.165) is 17.1 Å². The van der Waals surface area contributed by atoms with Gasteiger partial charge in [-0.05, 0) is 66.9 Å². The van der Waals surface area contributed by atoms with Crippen molar-refractivity contribution in [2.24, 2.45) is 0 Å². The lowest BCUT2D eigenvalue weighted by Gasteiger charge is -2.16. The van der Waals surface area contributed by atoms with E-state index >= 15 is 0 Å². The van der Waals surface area contributed by atoms with Crippen LogP contribution in [0.2, 0.25) is 0 Å². The second-order valence-electron chi connectivity index (χ2n) is 7.94. The van der Waals surface area contributed by atoms with Crippen molar-refractivity contribution in [3.05, 3.63) is 120 Å². The van der Waals surface area contributed by atoms with E-state index in [9.17, 15) is 9.59 Å². The van der Waals surface area contributed by atoms with Gasteiger partial charge in [0, 0.05) is 47.3 Å². The van der Waals surface area contributed by atoms with Crippen molar-refractivity contribution in [3.8, 4) is 0 Å². The van der Waals surface area contributed by atoms with Crippen molar-refractivity contribution in [2.45, 2.75) is 25.2 Å². The smallest absolute Gasteiger partial charge is 0.307 e. The van der Waals surface area contributed by atoms with Gasteiger partial charge in [-0.25, -0.2) is 0 Å². The van der Waals surface area contributed by atoms with Gasteiger partial charge >= 0.3 is 5.97 Å². The molecule has 0 aliphatic carbocycles. The molecule has 3 aromatic heterocycles. The number of nitrogens with zero attached hydrogens (tertiary/aromatic N) is 3. The number of pyridine rings is 3. The Balaban J connectivity index is 1.47. The lowest BCUT2D eigenvalue weighted by atomic mass is 9.92. The van der Waals surface area contributed by atoms with E-state index in [1.165, 1.54) is 0 Å². The molecule has 7 heteroatoms. The van der Waals surface area contributed by atoms with E-state index in [0.29, 0.717) is 29.7 Å². The van der Waals surface area contributed by atoms with Gasteiger partial charge in [0.1, 0.15) is 0 Å². The molecule has 4 rings (SSSR count). The van der Waals surface area contributed by atoms with Crippen LogP contribution in [0.1, 0.15) is 38.9 Å². The van der Waals surface area contributed by atoms with Gasteiger partial charge in [0.05, 0.1) is 12.0 Å². The summed E-state index contributed by atoms with van der Waals surface area (Å²) < 4.78 is 0. The van der Waals surface area contributed by atoms with E-state index in [2.05, 4.69) is 20.3 Å². The minimum atomic E-state index is -0.896. The maximum absolute atomic E-state index is 12.7. The number of aliphatic carboxylic acids is 1. The summed E-state index contributed by atoms with van der Waals surface area (Å²) in [4.78, 5) is 37.0. The molecule has 0 saturated heterocycles. The van der Waals surface area contributed by atoms with E-state index in [1.54, 1.807) is 48.9 Å². The Morgan fingerprint density at radius 1 is 0.794 bits per heavy atom. The summed E-state index contributed by atoms with van der Waals surface area (Å²) in [6, 6.07) is 22.1. The number of rotatable bonds is 9. The molecule has 1 amide bonds. The molecule has 2 N–H and O–H groups in total. The van der Waals surface area contributed by atoms with Gasteiger partial charge in [0.15, 0.2) is 0 Å². The number of carbonyl (C=O) groups is 2. The Kier molecular flexibility index (Phi) is 7.35. The maximum atomic E-state index is 12.7. The predicted octanol–water partition coefficient (Wildman–Crippen LogP) is 4.32. The SMILES string of the molecule is O=C(O)Cc1ccc(NC(=O)c2ccc(C(Cc3ccccn3)Cc3ccccn3)nc2)cc1. The minimum Gasteiger partial charge on any atom is -0.481 e. The van der Waals surface area contributed by atoms with Crippen LogP contribution < -0.4 is 5.32 Å². The molecule has 0 unspecified atom stereocenters. The van der Waals surface area contributed by atoms with Crippen LogP contribution in [0.15, 0.2) is 91.4 Å². The molecular formula is C27H24N4O3. The molecule has 3 heterocycles. The molecule has 1 aromatic carbocycles. The predicted molar refractivity (Wildman–Crippen MR) is 129 cm³/mol. The van der Waals surface area contributed by atoms with Gasteiger partial charge in [0.2, 0.25) is 0 Å². The first-order valence-electron chi connectivity index (χ1n) is 10.9. The molecule has 0 atom stereocenters. The average Bonchev–Trinajstić information content (AvgIpc) is 2.86. The Labute approximate surface area is 197 Å². The summed E-state index contributed by atoms with van der Waals surface area (Å²) in [6.07, 6.45) is 6.49. The number of amides is 1. The van der Waals surface area contributed by atoms with E-state index in [1.807, 2.05) is 42.5 Å². The lowest BCUT2D eigenvalue weighted by Crippen LogP contribution is -2.14. The zero-order valence-corrected chi connectivity index (χ0v) is 18.5. The van der Waals surface area contributed by atoms with Crippen LogP contribution in [0.25, 0.3) is 0 Å². The number of hydrogen-bond donors (Lipinski definition) is 2. The van der Waals surface area contributed by atoms with Crippen molar-refractivity contribution in [3.63, 3.8) is 0 Å². The molecule has 0 aliphatic rings. The van der Waals surface area contributed by atoms with Crippen molar-refractivity contribution < 1.29 is 14.7 Å². The standard InChI is InChI=1S/C27H24N4O3/c32-26(33)15-19-7-10-22(11-8-19)31-27(34)20-9-12-25(30-18-20)21(16-23-5-1-3-13-28-23)17-24-6-2-4-14-29-24/h1-14,18,21H,15-17H2,(H,31,34)(H,32,33). The molecule has 0 spiro atoms. The summed E-state index contributed by atoms with van der Waals surface area (Å²) in [5.41, 5.74) is 4.50. The fourth-order valence-corrected chi connectivity index (χ4v) is 3.69. The Morgan fingerprint density at radius 3 is 1.94 bits per heavy atom. The van der Waals surface area contributed by atoms with Gasteiger partial charge in [-0.2, -0.15) is 0 Å². The molecular weight excluding hydrogens is 428 g/mol. The lowest BCUT2D eigenvalue weighted by molar-refractivity contribution is -0.136. The average molecular weight is 453 g/mol. The molecule has 0 radical (unpaired) electrons. The zero-order chi connectivity index (χ0) is 23.8. The van der Waals surface area contributed by atoms with Crippen LogP contribution in [-0.4, -0.2) is 31.9 Å². The Hall–Kier alpha value is -4.39. The van der Waals surface area contributed by atoms with Crippen molar-refractivity contribution in [1.82, 2.24) is 15.0 Å². The molecule has 4 aromatic rings. The third-order valence-corrected chi connectivity index (χ3v) is 5.40. The van der Waals surface area contributed by atoms with Crippen molar-refractivity contribution in [2.75, 3.05) is 5.32 Å². The van der Waals surface area contributed by atoms with E-state index in [4.69, 9.17) is 5.11 Å².